The smallest absolute Gasteiger partial charge is 0.114 e. The highest BCUT2D eigenvalue weighted by atomic mass is 16.6. The summed E-state index contributed by atoms with van der Waals surface area (Å²) < 4.78 is 10.5. The minimum absolute atomic E-state index is 0.327. The van der Waals surface area contributed by atoms with E-state index in [4.69, 9.17) is 14.6 Å². The number of aliphatic hydroxyl groups excluding tert-OH is 3. The van der Waals surface area contributed by atoms with Crippen LogP contribution in [0.1, 0.15) is 0 Å². The molecule has 0 amide bonds. The largest absolute Gasteiger partial charge is 0.394 e. The summed E-state index contributed by atoms with van der Waals surface area (Å²) in [5, 5.41) is 28.7. The third-order valence-corrected chi connectivity index (χ3v) is 3.29. The van der Waals surface area contributed by atoms with Gasteiger partial charge in [-0.2, -0.15) is 0 Å². The fourth-order valence-electron chi connectivity index (χ4n) is 2.20. The highest BCUT2D eigenvalue weighted by Crippen LogP contribution is 2.26. The first-order valence-corrected chi connectivity index (χ1v) is 6.24. The molecule has 1 saturated heterocycles. The van der Waals surface area contributed by atoms with Crippen LogP contribution >= 0.6 is 0 Å². The van der Waals surface area contributed by atoms with Crippen molar-refractivity contribution in [2.75, 3.05) is 33.5 Å². The normalized spacial score (nSPS) is 34.7. The molecule has 0 radical (unpaired) electrons. The molecule has 1 fully saturated rings. The molecule has 2 heterocycles. The third-order valence-electron chi connectivity index (χ3n) is 3.29. The Kier molecular flexibility index (Phi) is 4.89. The van der Waals surface area contributed by atoms with Crippen molar-refractivity contribution in [2.45, 2.75) is 24.4 Å². The van der Waals surface area contributed by atoms with E-state index in [0.29, 0.717) is 25.4 Å². The van der Waals surface area contributed by atoms with Crippen LogP contribution in [0.3, 0.4) is 0 Å². The number of aliphatic hydroxyl groups is 3. The number of rotatable bonds is 5. The number of aliphatic imine (C=N–C) groups is 1. The summed E-state index contributed by atoms with van der Waals surface area (Å²) in [7, 11) is 1.63. The maximum Gasteiger partial charge on any atom is 0.114 e. The van der Waals surface area contributed by atoms with Crippen LogP contribution < -0.4 is 0 Å². The molecular weight excluding hydrogens is 252 g/mol. The molecule has 0 bridgehead atoms. The van der Waals surface area contributed by atoms with Gasteiger partial charge < -0.3 is 29.7 Å². The molecule has 0 saturated carbocycles. The van der Waals surface area contributed by atoms with Crippen molar-refractivity contribution < 1.29 is 24.8 Å². The fourth-order valence-corrected chi connectivity index (χ4v) is 2.20. The number of nitrogens with zero attached hydrogens (tertiary/aromatic N) is 2. The second-order valence-corrected chi connectivity index (χ2v) is 4.65. The minimum Gasteiger partial charge on any atom is -0.394 e. The van der Waals surface area contributed by atoms with Gasteiger partial charge in [-0.25, -0.2) is 0 Å². The molecule has 0 aliphatic carbocycles. The summed E-state index contributed by atoms with van der Waals surface area (Å²) in [4.78, 5) is 6.13. The Morgan fingerprint density at radius 1 is 1.47 bits per heavy atom. The van der Waals surface area contributed by atoms with E-state index < -0.39 is 24.4 Å². The van der Waals surface area contributed by atoms with Crippen LogP contribution in [0, 0.1) is 0 Å². The van der Waals surface area contributed by atoms with Crippen LogP contribution in [0.4, 0.5) is 0 Å². The van der Waals surface area contributed by atoms with Crippen molar-refractivity contribution in [1.82, 2.24) is 4.90 Å². The molecule has 0 aromatic rings. The Balaban J connectivity index is 2.04. The summed E-state index contributed by atoms with van der Waals surface area (Å²) in [5.41, 5.74) is 0.685. The zero-order valence-corrected chi connectivity index (χ0v) is 10.8. The zero-order valence-electron chi connectivity index (χ0n) is 10.8. The van der Waals surface area contributed by atoms with Gasteiger partial charge in [0.15, 0.2) is 0 Å². The van der Waals surface area contributed by atoms with Crippen LogP contribution in [0.25, 0.3) is 0 Å². The SMILES string of the molecule is COCCN1C=C([C@@H]2O[C@H](CO)[C@@H](O)[C@H]2O)C=NC1. The van der Waals surface area contributed by atoms with Gasteiger partial charge in [0, 0.05) is 31.6 Å². The molecule has 3 N–H and O–H groups in total. The third kappa shape index (κ3) is 3.13. The van der Waals surface area contributed by atoms with Crippen LogP contribution in [0.5, 0.6) is 0 Å². The molecule has 0 aromatic heterocycles. The second kappa shape index (κ2) is 6.44. The summed E-state index contributed by atoms with van der Waals surface area (Å²) >= 11 is 0. The lowest BCUT2D eigenvalue weighted by atomic mass is 10.0. The van der Waals surface area contributed by atoms with Gasteiger partial charge >= 0.3 is 0 Å². The van der Waals surface area contributed by atoms with Gasteiger partial charge in [-0.15, -0.1) is 0 Å². The Morgan fingerprint density at radius 3 is 2.89 bits per heavy atom. The van der Waals surface area contributed by atoms with Crippen LogP contribution in [0.15, 0.2) is 16.8 Å². The Bertz CT molecular complexity index is 360. The van der Waals surface area contributed by atoms with Gasteiger partial charge in [-0.1, -0.05) is 0 Å². The molecule has 4 atom stereocenters. The van der Waals surface area contributed by atoms with Gasteiger partial charge in [0.25, 0.3) is 0 Å². The van der Waals surface area contributed by atoms with Crippen molar-refractivity contribution in [3.8, 4) is 0 Å². The van der Waals surface area contributed by atoms with Crippen LogP contribution in [-0.2, 0) is 9.47 Å². The number of hydrogen-bond donors (Lipinski definition) is 3. The van der Waals surface area contributed by atoms with Crippen LogP contribution in [-0.4, -0.2) is 84.4 Å². The van der Waals surface area contributed by atoms with Crippen LogP contribution in [0.2, 0.25) is 0 Å². The average Bonchev–Trinajstić information content (AvgIpc) is 2.73. The first-order chi connectivity index (χ1) is 9.17. The molecule has 0 unspecified atom stereocenters. The topological polar surface area (TPSA) is 94.8 Å². The molecule has 2 rings (SSSR count). The van der Waals surface area contributed by atoms with Crippen molar-refractivity contribution in [3.05, 3.63) is 11.8 Å². The second-order valence-electron chi connectivity index (χ2n) is 4.65. The number of ether oxygens (including phenoxy) is 2. The van der Waals surface area contributed by atoms with Gasteiger partial charge in [-0.05, 0) is 0 Å². The molecule has 108 valence electrons. The minimum atomic E-state index is -1.08. The molecule has 19 heavy (non-hydrogen) atoms. The van der Waals surface area contributed by atoms with E-state index in [2.05, 4.69) is 4.99 Å². The maximum absolute atomic E-state index is 9.94. The predicted molar refractivity (Wildman–Crippen MR) is 67.8 cm³/mol. The number of methoxy groups -OCH3 is 1. The first kappa shape index (κ1) is 14.4. The lowest BCUT2D eigenvalue weighted by Crippen LogP contribution is -2.36. The standard InChI is InChI=1S/C12H20N2O5/c1-18-3-2-14-5-8(4-13-7-14)12-11(17)10(16)9(6-15)19-12/h4-5,9-12,15-17H,2-3,6-7H2,1H3/t9-,10-,11-,12+/m1/s1. The molecule has 2 aliphatic rings. The summed E-state index contributed by atoms with van der Waals surface area (Å²) in [6.07, 6.45) is -0.100. The van der Waals surface area contributed by atoms with E-state index in [1.54, 1.807) is 13.3 Å². The van der Waals surface area contributed by atoms with E-state index >= 15 is 0 Å². The summed E-state index contributed by atoms with van der Waals surface area (Å²) in [5.74, 6) is 0. The maximum atomic E-state index is 9.94. The lowest BCUT2D eigenvalue weighted by Gasteiger charge is -2.25. The fraction of sp³-hybridized carbons (Fsp3) is 0.750. The van der Waals surface area contributed by atoms with Gasteiger partial charge in [0.05, 0.1) is 13.2 Å². The highest BCUT2D eigenvalue weighted by Gasteiger charge is 2.43. The molecule has 7 nitrogen and oxygen atoms in total. The van der Waals surface area contributed by atoms with Gasteiger partial charge in [0.2, 0.25) is 0 Å². The highest BCUT2D eigenvalue weighted by molar-refractivity contribution is 5.80. The predicted octanol–water partition coefficient (Wildman–Crippen LogP) is -1.66. The first-order valence-electron chi connectivity index (χ1n) is 6.24. The van der Waals surface area contributed by atoms with E-state index in [9.17, 15) is 10.2 Å². The molecule has 0 aromatic carbocycles. The number of hydrogen-bond acceptors (Lipinski definition) is 7. The monoisotopic (exact) mass is 272 g/mol. The van der Waals surface area contributed by atoms with E-state index in [-0.39, 0.29) is 6.61 Å². The zero-order chi connectivity index (χ0) is 13.8. The Morgan fingerprint density at radius 2 is 2.26 bits per heavy atom. The Labute approximate surface area is 111 Å². The van der Waals surface area contributed by atoms with Crippen molar-refractivity contribution in [1.29, 1.82) is 0 Å². The van der Waals surface area contributed by atoms with Crippen molar-refractivity contribution in [3.63, 3.8) is 0 Å². The van der Waals surface area contributed by atoms with E-state index in [1.165, 1.54) is 0 Å². The molecular formula is C12H20N2O5. The summed E-state index contributed by atoms with van der Waals surface area (Å²) in [6, 6.07) is 0. The van der Waals surface area contributed by atoms with Crippen molar-refractivity contribution in [2.24, 2.45) is 4.99 Å². The van der Waals surface area contributed by atoms with E-state index in [0.717, 1.165) is 0 Å². The summed E-state index contributed by atoms with van der Waals surface area (Å²) in [6.45, 7) is 1.47. The van der Waals surface area contributed by atoms with Gasteiger partial charge in [-0.3, -0.25) is 4.99 Å². The molecule has 7 heteroatoms. The lowest BCUT2D eigenvalue weighted by molar-refractivity contribution is -0.0133. The average molecular weight is 272 g/mol. The quantitative estimate of drug-likeness (QED) is 0.555. The Hall–Kier alpha value is -0.990. The molecule has 0 spiro atoms. The molecule has 2 aliphatic heterocycles. The van der Waals surface area contributed by atoms with E-state index in [1.807, 2.05) is 11.1 Å². The van der Waals surface area contributed by atoms with Crippen molar-refractivity contribution >= 4 is 6.21 Å². The van der Waals surface area contributed by atoms with Gasteiger partial charge in [0.1, 0.15) is 31.1 Å².